The van der Waals surface area contributed by atoms with Crippen molar-refractivity contribution in [3.63, 3.8) is 0 Å². The van der Waals surface area contributed by atoms with E-state index in [2.05, 4.69) is 20.3 Å². The molecule has 5 nitrogen and oxygen atoms in total. The van der Waals surface area contributed by atoms with Crippen LogP contribution in [0.5, 0.6) is 11.6 Å². The van der Waals surface area contributed by atoms with Crippen LogP contribution < -0.4 is 10.1 Å². The summed E-state index contributed by atoms with van der Waals surface area (Å²) in [5, 5.41) is 6.28. The fourth-order valence-corrected chi connectivity index (χ4v) is 4.13. The van der Waals surface area contributed by atoms with Crippen molar-refractivity contribution in [1.82, 2.24) is 15.0 Å². The third-order valence-electron chi connectivity index (χ3n) is 4.30. The smallest absolute Gasteiger partial charge is 0.417 e. The number of nitrogens with zero attached hydrogens (tertiary/aromatic N) is 3. The second-order valence-electron chi connectivity index (χ2n) is 6.42. The zero-order valence-corrected chi connectivity index (χ0v) is 17.9. The van der Waals surface area contributed by atoms with Crippen molar-refractivity contribution < 1.29 is 17.9 Å². The maximum Gasteiger partial charge on any atom is 0.417 e. The highest BCUT2D eigenvalue weighted by Gasteiger charge is 2.31. The van der Waals surface area contributed by atoms with Gasteiger partial charge in [0, 0.05) is 18.1 Å². The van der Waals surface area contributed by atoms with Gasteiger partial charge in [0.05, 0.1) is 16.0 Å². The number of fused-ring (bicyclic) bond motifs is 1. The summed E-state index contributed by atoms with van der Waals surface area (Å²) in [6, 6.07) is 7.88. The molecule has 31 heavy (non-hydrogen) atoms. The third kappa shape index (κ3) is 5.00. The fourth-order valence-electron chi connectivity index (χ4n) is 2.79. The van der Waals surface area contributed by atoms with Crippen LogP contribution in [0.2, 0.25) is 10.0 Å². The number of aromatic nitrogens is 3. The van der Waals surface area contributed by atoms with Crippen LogP contribution in [0.3, 0.4) is 0 Å². The third-order valence-corrected chi connectivity index (χ3v) is 5.89. The van der Waals surface area contributed by atoms with E-state index in [0.717, 1.165) is 21.8 Å². The Morgan fingerprint density at radius 1 is 1.03 bits per heavy atom. The number of halogens is 5. The Bertz CT molecular complexity index is 1220. The first-order valence-corrected chi connectivity index (χ1v) is 10.6. The lowest BCUT2D eigenvalue weighted by atomic mass is 10.1. The predicted molar refractivity (Wildman–Crippen MR) is 115 cm³/mol. The molecule has 1 N–H and O–H groups in total. The molecule has 3 aromatic heterocycles. The lowest BCUT2D eigenvalue weighted by Gasteiger charge is -2.11. The number of rotatable bonds is 6. The van der Waals surface area contributed by atoms with Crippen LogP contribution in [0, 0.1) is 0 Å². The topological polar surface area (TPSA) is 59.9 Å². The molecule has 0 unspecified atom stereocenters. The zero-order valence-electron chi connectivity index (χ0n) is 15.6. The van der Waals surface area contributed by atoms with Crippen LogP contribution >= 0.6 is 34.5 Å². The average Bonchev–Trinajstić information content (AvgIpc) is 3.12. The van der Waals surface area contributed by atoms with Gasteiger partial charge < -0.3 is 10.1 Å². The lowest BCUT2D eigenvalue weighted by Crippen LogP contribution is -2.07. The van der Waals surface area contributed by atoms with Gasteiger partial charge >= 0.3 is 6.18 Å². The molecule has 0 fully saturated rings. The van der Waals surface area contributed by atoms with E-state index >= 15 is 0 Å². The lowest BCUT2D eigenvalue weighted by molar-refractivity contribution is -0.137. The molecule has 3 heterocycles. The highest BCUT2D eigenvalue weighted by Crippen LogP contribution is 2.35. The molecule has 0 aliphatic heterocycles. The van der Waals surface area contributed by atoms with E-state index in [9.17, 15) is 13.2 Å². The first-order chi connectivity index (χ1) is 14.8. The molecule has 160 valence electrons. The molecule has 0 amide bonds. The number of nitrogens with one attached hydrogen (secondary N) is 1. The van der Waals surface area contributed by atoms with Crippen molar-refractivity contribution >= 4 is 50.6 Å². The summed E-state index contributed by atoms with van der Waals surface area (Å²) in [7, 11) is 0. The molecule has 0 saturated carbocycles. The second-order valence-corrected chi connectivity index (χ2v) is 8.09. The summed E-state index contributed by atoms with van der Waals surface area (Å²) in [6.07, 6.45) is -1.64. The molecule has 1 aromatic carbocycles. The molecule has 11 heteroatoms. The Labute approximate surface area is 188 Å². The van der Waals surface area contributed by atoms with Crippen LogP contribution in [0.15, 0.2) is 48.2 Å². The van der Waals surface area contributed by atoms with E-state index in [1.807, 2.05) is 17.5 Å². The van der Waals surface area contributed by atoms with Crippen molar-refractivity contribution in [3.8, 4) is 11.6 Å². The van der Waals surface area contributed by atoms with E-state index < -0.39 is 11.7 Å². The van der Waals surface area contributed by atoms with Crippen molar-refractivity contribution in [3.05, 3.63) is 69.4 Å². The Morgan fingerprint density at radius 3 is 2.52 bits per heavy atom. The minimum atomic E-state index is -4.52. The molecule has 0 spiro atoms. The van der Waals surface area contributed by atoms with Gasteiger partial charge in [0.2, 0.25) is 5.88 Å². The summed E-state index contributed by atoms with van der Waals surface area (Å²) < 4.78 is 43.6. The molecule has 0 saturated heterocycles. The Morgan fingerprint density at radius 2 is 1.81 bits per heavy atom. The normalized spacial score (nSPS) is 11.6. The minimum Gasteiger partial charge on any atom is -0.438 e. The highest BCUT2D eigenvalue weighted by molar-refractivity contribution is 7.17. The molecule has 0 atom stereocenters. The zero-order chi connectivity index (χ0) is 22.0. The minimum absolute atomic E-state index is 0.0931. The van der Waals surface area contributed by atoms with E-state index in [1.165, 1.54) is 17.7 Å². The number of hydrogen-bond acceptors (Lipinski definition) is 6. The monoisotopic (exact) mass is 484 g/mol. The van der Waals surface area contributed by atoms with Crippen LogP contribution in [-0.2, 0) is 12.6 Å². The Kier molecular flexibility index (Phi) is 6.17. The number of hydrogen-bond donors (Lipinski definition) is 1. The number of thiophene rings is 1. The van der Waals surface area contributed by atoms with Crippen molar-refractivity contribution in [2.24, 2.45) is 0 Å². The van der Waals surface area contributed by atoms with Gasteiger partial charge in [0.25, 0.3) is 0 Å². The average molecular weight is 485 g/mol. The first-order valence-electron chi connectivity index (χ1n) is 8.92. The number of pyridine rings is 1. The van der Waals surface area contributed by atoms with Crippen LogP contribution in [0.4, 0.5) is 19.0 Å². The number of anilines is 1. The van der Waals surface area contributed by atoms with Crippen molar-refractivity contribution in [2.75, 3.05) is 11.9 Å². The Balaban J connectivity index is 1.37. The van der Waals surface area contributed by atoms with Gasteiger partial charge in [-0.25, -0.2) is 15.0 Å². The molecule has 0 bridgehead atoms. The van der Waals surface area contributed by atoms with Crippen LogP contribution in [0.25, 0.3) is 10.2 Å². The first kappa shape index (κ1) is 21.6. The van der Waals surface area contributed by atoms with E-state index in [-0.39, 0.29) is 10.9 Å². The molecule has 0 aliphatic carbocycles. The van der Waals surface area contributed by atoms with Gasteiger partial charge in [0.15, 0.2) is 0 Å². The van der Waals surface area contributed by atoms with Crippen molar-refractivity contribution in [2.45, 2.75) is 12.6 Å². The van der Waals surface area contributed by atoms with Gasteiger partial charge in [0.1, 0.15) is 27.7 Å². The largest absolute Gasteiger partial charge is 0.438 e. The fraction of sp³-hybridized carbons (Fsp3) is 0.150. The van der Waals surface area contributed by atoms with Gasteiger partial charge in [-0.05, 0) is 30.2 Å². The summed E-state index contributed by atoms with van der Waals surface area (Å²) in [5.74, 6) is 0.997. The molecular formula is C20H13Cl2F3N4OS. The quantitative estimate of drug-likeness (QED) is 0.323. The second kappa shape index (κ2) is 8.86. The van der Waals surface area contributed by atoms with E-state index in [1.54, 1.807) is 12.1 Å². The summed E-state index contributed by atoms with van der Waals surface area (Å²) in [4.78, 5) is 12.9. The van der Waals surface area contributed by atoms with E-state index in [0.29, 0.717) is 35.8 Å². The van der Waals surface area contributed by atoms with E-state index in [4.69, 9.17) is 27.9 Å². The molecule has 4 rings (SSSR count). The highest BCUT2D eigenvalue weighted by atomic mass is 35.5. The number of alkyl halides is 3. The molecule has 0 radical (unpaired) electrons. The van der Waals surface area contributed by atoms with Crippen LogP contribution in [0.1, 0.15) is 11.1 Å². The molecule has 4 aromatic rings. The molecule has 0 aliphatic rings. The van der Waals surface area contributed by atoms with Gasteiger partial charge in [-0.1, -0.05) is 35.3 Å². The summed E-state index contributed by atoms with van der Waals surface area (Å²) in [6.45, 7) is 0.616. The summed E-state index contributed by atoms with van der Waals surface area (Å²) in [5.41, 5.74) is 0.0884. The molecular weight excluding hydrogens is 472 g/mol. The van der Waals surface area contributed by atoms with Gasteiger partial charge in [-0.15, -0.1) is 11.3 Å². The standard InChI is InChI=1S/C20H13Cl2F3N4OS/c21-14-7-12(20(23,24)25)8-27-18(14)30-13-3-1-11(2-4-13)5-6-26-17-16-15(22)9-31-19(16)29-10-28-17/h1-4,7-10H,5-6H2,(H,26,28,29). The van der Waals surface area contributed by atoms with Gasteiger partial charge in [-0.3, -0.25) is 0 Å². The Hall–Kier alpha value is -2.62. The van der Waals surface area contributed by atoms with Crippen molar-refractivity contribution in [1.29, 1.82) is 0 Å². The number of benzene rings is 1. The van der Waals surface area contributed by atoms with Crippen LogP contribution in [-0.4, -0.2) is 21.5 Å². The van der Waals surface area contributed by atoms with Gasteiger partial charge in [-0.2, -0.15) is 13.2 Å². The summed E-state index contributed by atoms with van der Waals surface area (Å²) >= 11 is 13.5. The predicted octanol–water partition coefficient (Wildman–Crippen LogP) is 6.86. The number of ether oxygens (including phenoxy) is 1. The maximum absolute atomic E-state index is 12.7. The maximum atomic E-state index is 12.7. The SMILES string of the molecule is FC(F)(F)c1cnc(Oc2ccc(CCNc3ncnc4scc(Cl)c34)cc2)c(Cl)c1.